The quantitative estimate of drug-likeness (QED) is 0.142. The Kier molecular flexibility index (Phi) is 15.8. The van der Waals surface area contributed by atoms with E-state index in [2.05, 4.69) is 31.6 Å². The van der Waals surface area contributed by atoms with Crippen molar-refractivity contribution in [3.05, 3.63) is 36.0 Å². The highest BCUT2D eigenvalue weighted by Gasteiger charge is 2.38. The van der Waals surface area contributed by atoms with Crippen molar-refractivity contribution in [3.63, 3.8) is 0 Å². The lowest BCUT2D eigenvalue weighted by molar-refractivity contribution is -0.145. The maximum Gasteiger partial charge on any atom is 0.245 e. The fraction of sp³-hybridized carbons (Fsp3) is 0.649. The van der Waals surface area contributed by atoms with Crippen LogP contribution in [0.1, 0.15) is 74.8 Å². The molecule has 0 bridgehead atoms. The van der Waals surface area contributed by atoms with Crippen LogP contribution in [0, 0.1) is 29.6 Å². The number of para-hydroxylation sites is 1. The molecule has 12 heteroatoms. The highest BCUT2D eigenvalue weighted by atomic mass is 16.2. The minimum atomic E-state index is -0.955. The maximum atomic E-state index is 14.0. The average molecular weight is 684 g/mol. The number of rotatable bonds is 18. The molecule has 0 saturated heterocycles. The predicted octanol–water partition coefficient (Wildman–Crippen LogP) is 2.98. The van der Waals surface area contributed by atoms with Crippen LogP contribution in [0.15, 0.2) is 30.5 Å². The second-order valence-electron chi connectivity index (χ2n) is 14.7. The van der Waals surface area contributed by atoms with E-state index in [1.54, 1.807) is 14.1 Å². The summed E-state index contributed by atoms with van der Waals surface area (Å²) in [5.41, 5.74) is 2.12. The molecule has 0 saturated carbocycles. The number of likely N-dealkylation sites (N-methyl/N-ethyl adjacent to an activating group) is 2. The van der Waals surface area contributed by atoms with Crippen molar-refractivity contribution in [2.75, 3.05) is 20.6 Å². The number of hydrogen-bond donors (Lipinski definition) is 6. The summed E-state index contributed by atoms with van der Waals surface area (Å²) in [7, 11) is 3.24. The van der Waals surface area contributed by atoms with Gasteiger partial charge < -0.3 is 36.5 Å². The summed E-state index contributed by atoms with van der Waals surface area (Å²) in [5.74, 6) is -3.03. The van der Waals surface area contributed by atoms with Gasteiger partial charge in [-0.1, -0.05) is 87.4 Å². The lowest BCUT2D eigenvalue weighted by Crippen LogP contribution is -2.62. The van der Waals surface area contributed by atoms with Crippen LogP contribution in [-0.4, -0.2) is 90.3 Å². The number of nitrogens with one attached hydrogen (secondary N) is 6. The molecule has 0 unspecified atom stereocenters. The van der Waals surface area contributed by atoms with Crippen LogP contribution in [-0.2, 0) is 30.4 Å². The summed E-state index contributed by atoms with van der Waals surface area (Å²) in [6, 6.07) is 3.95. The van der Waals surface area contributed by atoms with Crippen molar-refractivity contribution in [2.45, 2.75) is 106 Å². The maximum absolute atomic E-state index is 14.0. The Labute approximate surface area is 292 Å². The normalized spacial score (nSPS) is 14.9. The second kappa shape index (κ2) is 18.7. The van der Waals surface area contributed by atoms with Gasteiger partial charge in [0, 0.05) is 30.7 Å². The minimum absolute atomic E-state index is 0.00490. The summed E-state index contributed by atoms with van der Waals surface area (Å²) in [4.78, 5) is 72.3. The van der Waals surface area contributed by atoms with E-state index in [9.17, 15) is 24.0 Å². The molecule has 274 valence electrons. The molecule has 1 aromatic heterocycles. The van der Waals surface area contributed by atoms with Crippen molar-refractivity contribution in [3.8, 4) is 0 Å². The number of H-pyrrole nitrogens is 1. The summed E-state index contributed by atoms with van der Waals surface area (Å²) in [6.07, 6.45) is 2.56. The van der Waals surface area contributed by atoms with Gasteiger partial charge in [0.1, 0.15) is 24.2 Å². The Hall–Kier alpha value is -3.93. The topological polar surface area (TPSA) is 165 Å². The van der Waals surface area contributed by atoms with Gasteiger partial charge in [0.2, 0.25) is 29.5 Å². The fourth-order valence-electron chi connectivity index (χ4n) is 6.13. The van der Waals surface area contributed by atoms with Crippen LogP contribution in [0.25, 0.3) is 10.9 Å². The molecule has 6 N–H and O–H groups in total. The Morgan fingerprint density at radius 3 is 1.67 bits per heavy atom. The van der Waals surface area contributed by atoms with Crippen molar-refractivity contribution >= 4 is 40.4 Å². The van der Waals surface area contributed by atoms with Gasteiger partial charge in [-0.05, 0) is 54.7 Å². The second-order valence-corrected chi connectivity index (χ2v) is 14.7. The summed E-state index contributed by atoms with van der Waals surface area (Å²) < 4.78 is 0. The van der Waals surface area contributed by atoms with Crippen LogP contribution < -0.4 is 26.6 Å². The van der Waals surface area contributed by atoms with Crippen LogP contribution in [0.3, 0.4) is 0 Å². The standard InChI is InChI=1S/C37H61N7O5/c1-20(2)28(38-11)34(46)41-30(22(5)6)35(47)43-31(23(7)8)37(49)44(12)32(24(9)10)36(48)42-29(21(3)4)33(45)39-18-17-25-19-40-27-16-14-13-15-26(25)27/h13-16,19-24,28-32,38,40H,17-18H2,1-12H3,(H,39,45)(H,41,46)(H,42,48)(H,43,47)/t28-,29-,30-,31-,32-/m0/s1. The molecule has 0 aliphatic carbocycles. The van der Waals surface area contributed by atoms with E-state index < -0.39 is 47.9 Å². The van der Waals surface area contributed by atoms with Crippen LogP contribution in [0.4, 0.5) is 0 Å². The van der Waals surface area contributed by atoms with E-state index in [0.29, 0.717) is 13.0 Å². The lowest BCUT2D eigenvalue weighted by Gasteiger charge is -2.36. The number of amides is 5. The number of fused-ring (bicyclic) bond motifs is 1. The Morgan fingerprint density at radius 1 is 0.653 bits per heavy atom. The molecular formula is C37H61N7O5. The summed E-state index contributed by atoms with van der Waals surface area (Å²) in [6.45, 7) is 18.9. The molecule has 1 heterocycles. The number of benzene rings is 1. The van der Waals surface area contributed by atoms with Gasteiger partial charge in [-0.2, -0.15) is 0 Å². The number of aromatic nitrogens is 1. The Morgan fingerprint density at radius 2 is 1.14 bits per heavy atom. The highest BCUT2D eigenvalue weighted by molar-refractivity contribution is 5.96. The van der Waals surface area contributed by atoms with Crippen molar-refractivity contribution in [1.82, 2.24) is 36.5 Å². The van der Waals surface area contributed by atoms with Crippen LogP contribution >= 0.6 is 0 Å². The Balaban J connectivity index is 2.16. The molecule has 1 aromatic carbocycles. The van der Waals surface area contributed by atoms with Gasteiger partial charge in [0.05, 0.1) is 6.04 Å². The van der Waals surface area contributed by atoms with Crippen molar-refractivity contribution < 1.29 is 24.0 Å². The zero-order chi connectivity index (χ0) is 37.2. The van der Waals surface area contributed by atoms with Gasteiger partial charge in [0.25, 0.3) is 0 Å². The first-order valence-electron chi connectivity index (χ1n) is 17.6. The lowest BCUT2D eigenvalue weighted by atomic mass is 9.95. The SMILES string of the molecule is CN[C@H](C(=O)N[C@H](C(=O)N[C@H](C(=O)N(C)[C@H](C(=O)N[C@H](C(=O)NCCc1c[nH]c2ccccc12)C(C)C)C(C)C)C(C)C)C(C)C)C(C)C. The third-order valence-electron chi connectivity index (χ3n) is 9.02. The molecule has 0 spiro atoms. The highest BCUT2D eigenvalue weighted by Crippen LogP contribution is 2.19. The first-order valence-corrected chi connectivity index (χ1v) is 17.6. The van der Waals surface area contributed by atoms with Crippen LogP contribution in [0.2, 0.25) is 0 Å². The zero-order valence-electron chi connectivity index (χ0n) is 31.6. The molecule has 5 amide bonds. The summed E-state index contributed by atoms with van der Waals surface area (Å²) >= 11 is 0. The van der Waals surface area contributed by atoms with E-state index in [0.717, 1.165) is 16.5 Å². The van der Waals surface area contributed by atoms with Crippen molar-refractivity contribution in [1.29, 1.82) is 0 Å². The van der Waals surface area contributed by atoms with Gasteiger partial charge in [0.15, 0.2) is 0 Å². The van der Waals surface area contributed by atoms with Crippen LogP contribution in [0.5, 0.6) is 0 Å². The molecule has 0 aliphatic heterocycles. The molecular weight excluding hydrogens is 622 g/mol. The molecule has 0 fully saturated rings. The molecule has 49 heavy (non-hydrogen) atoms. The minimum Gasteiger partial charge on any atom is -0.361 e. The number of carbonyl (C=O) groups is 5. The number of hydrogen-bond acceptors (Lipinski definition) is 6. The molecule has 2 rings (SSSR count). The van der Waals surface area contributed by atoms with Gasteiger partial charge in [-0.15, -0.1) is 0 Å². The first kappa shape index (κ1) is 41.2. The van der Waals surface area contributed by atoms with E-state index in [1.807, 2.05) is 99.7 Å². The van der Waals surface area contributed by atoms with E-state index in [1.165, 1.54) is 4.90 Å². The number of carbonyl (C=O) groups excluding carboxylic acids is 5. The predicted molar refractivity (Wildman–Crippen MR) is 194 cm³/mol. The van der Waals surface area contributed by atoms with Gasteiger partial charge in [-0.3, -0.25) is 24.0 Å². The van der Waals surface area contributed by atoms with Gasteiger partial charge in [-0.25, -0.2) is 0 Å². The molecule has 0 aliphatic rings. The van der Waals surface area contributed by atoms with Crippen molar-refractivity contribution in [2.24, 2.45) is 29.6 Å². The molecule has 5 atom stereocenters. The Bertz CT molecular complexity index is 1420. The smallest absolute Gasteiger partial charge is 0.245 e. The average Bonchev–Trinajstić information content (AvgIpc) is 3.43. The largest absolute Gasteiger partial charge is 0.361 e. The summed E-state index contributed by atoms with van der Waals surface area (Å²) in [5, 5.41) is 15.7. The van der Waals surface area contributed by atoms with E-state index in [4.69, 9.17) is 0 Å². The number of nitrogens with zero attached hydrogens (tertiary/aromatic N) is 1. The van der Waals surface area contributed by atoms with Gasteiger partial charge >= 0.3 is 0 Å². The molecule has 12 nitrogen and oxygen atoms in total. The monoisotopic (exact) mass is 683 g/mol. The number of aromatic amines is 1. The third kappa shape index (κ3) is 11.0. The van der Waals surface area contributed by atoms with E-state index >= 15 is 0 Å². The van der Waals surface area contributed by atoms with E-state index in [-0.39, 0.29) is 41.4 Å². The first-order chi connectivity index (χ1) is 22.9. The zero-order valence-corrected chi connectivity index (χ0v) is 31.6. The fourth-order valence-corrected chi connectivity index (χ4v) is 6.13. The molecule has 2 aromatic rings. The molecule has 0 radical (unpaired) electrons. The third-order valence-corrected chi connectivity index (χ3v) is 9.02.